The van der Waals surface area contributed by atoms with Gasteiger partial charge in [0.05, 0.1) is 6.20 Å². The molecule has 0 spiro atoms. The van der Waals surface area contributed by atoms with Gasteiger partial charge in [-0.15, -0.1) is 6.58 Å². The van der Waals surface area contributed by atoms with Gasteiger partial charge in [-0.05, 0) is 27.2 Å². The van der Waals surface area contributed by atoms with Crippen LogP contribution in [-0.2, 0) is 0 Å². The highest BCUT2D eigenvalue weighted by Crippen LogP contribution is 2.20. The number of nitrogens with zero attached hydrogens (tertiary/aromatic N) is 1. The van der Waals surface area contributed by atoms with Crippen LogP contribution < -0.4 is 15.4 Å². The van der Waals surface area contributed by atoms with Crippen LogP contribution in [0.25, 0.3) is 0 Å². The Morgan fingerprint density at radius 2 is 2.32 bits per heavy atom. The lowest BCUT2D eigenvalue weighted by Gasteiger charge is -2.22. The summed E-state index contributed by atoms with van der Waals surface area (Å²) in [6, 6.07) is 0. The van der Waals surface area contributed by atoms with E-state index >= 15 is 0 Å². The molecule has 6 nitrogen and oxygen atoms in total. The van der Waals surface area contributed by atoms with E-state index in [-0.39, 0.29) is 18.1 Å². The summed E-state index contributed by atoms with van der Waals surface area (Å²) < 4.78 is 5.41. The summed E-state index contributed by atoms with van der Waals surface area (Å²) in [6.07, 6.45) is 3.31. The summed E-state index contributed by atoms with van der Waals surface area (Å²) >= 11 is 1.16. The average Bonchev–Trinajstić information content (AvgIpc) is 2.91. The summed E-state index contributed by atoms with van der Waals surface area (Å²) in [7, 11) is 0. The monoisotopic (exact) mass is 327 g/mol. The lowest BCUT2D eigenvalue weighted by Crippen LogP contribution is -2.42. The van der Waals surface area contributed by atoms with Crippen LogP contribution in [0.1, 0.15) is 36.9 Å². The number of aromatic nitrogens is 1. The van der Waals surface area contributed by atoms with E-state index in [0.717, 1.165) is 17.8 Å². The van der Waals surface area contributed by atoms with Crippen molar-refractivity contribution in [3.05, 3.63) is 23.7 Å². The van der Waals surface area contributed by atoms with E-state index < -0.39 is 6.10 Å². The Morgan fingerprint density at radius 3 is 2.95 bits per heavy atom. The molecule has 0 aromatic carbocycles. The predicted molar refractivity (Wildman–Crippen MR) is 88.5 cm³/mol. The molecular formula is C15H25N3O3S. The topological polar surface area (TPSA) is 83.5 Å². The number of carbonyl (C=O) groups excluding carboxylic acids is 1. The lowest BCUT2D eigenvalue weighted by molar-refractivity contribution is 0.0958. The molecule has 1 amide bonds. The summed E-state index contributed by atoms with van der Waals surface area (Å²) in [4.78, 5) is 16.3. The van der Waals surface area contributed by atoms with Gasteiger partial charge in [0.1, 0.15) is 17.6 Å². The molecule has 0 saturated heterocycles. The normalized spacial score (nSPS) is 12.7. The van der Waals surface area contributed by atoms with Gasteiger partial charge in [0, 0.05) is 18.6 Å². The van der Waals surface area contributed by atoms with Gasteiger partial charge in [-0.1, -0.05) is 17.4 Å². The third-order valence-corrected chi connectivity index (χ3v) is 3.52. The molecule has 0 aliphatic rings. The first-order valence-electron chi connectivity index (χ1n) is 7.22. The van der Waals surface area contributed by atoms with Crippen molar-refractivity contribution in [3.8, 4) is 5.19 Å². The number of amides is 1. The molecule has 1 unspecified atom stereocenters. The van der Waals surface area contributed by atoms with E-state index in [1.54, 1.807) is 6.08 Å². The number of thiazole rings is 1. The Kier molecular flexibility index (Phi) is 7.50. The highest BCUT2D eigenvalue weighted by Gasteiger charge is 2.14. The fourth-order valence-corrected chi connectivity index (χ4v) is 2.15. The van der Waals surface area contributed by atoms with Crippen LogP contribution in [-0.4, -0.2) is 47.3 Å². The molecule has 1 rings (SSSR count). The highest BCUT2D eigenvalue weighted by atomic mass is 32.1. The van der Waals surface area contributed by atoms with Gasteiger partial charge in [0.2, 0.25) is 0 Å². The molecule has 0 aliphatic heterocycles. The zero-order valence-electron chi connectivity index (χ0n) is 13.4. The minimum absolute atomic E-state index is 0.0567. The van der Waals surface area contributed by atoms with Gasteiger partial charge in [-0.2, -0.15) is 0 Å². The number of aliphatic hydroxyl groups excluding tert-OH is 1. The zero-order chi connectivity index (χ0) is 16.6. The minimum atomic E-state index is -0.631. The van der Waals surface area contributed by atoms with Gasteiger partial charge in [0.15, 0.2) is 0 Å². The Bertz CT molecular complexity index is 483. The molecule has 1 aromatic rings. The summed E-state index contributed by atoms with van der Waals surface area (Å²) in [5.74, 6) is -0.177. The number of nitrogens with one attached hydrogen (secondary N) is 2. The number of hydrogen-bond donors (Lipinski definition) is 3. The van der Waals surface area contributed by atoms with Crippen molar-refractivity contribution >= 4 is 17.2 Å². The quantitative estimate of drug-likeness (QED) is 0.474. The van der Waals surface area contributed by atoms with Crippen LogP contribution >= 0.6 is 11.3 Å². The number of carbonyl (C=O) groups is 1. The molecule has 7 heteroatoms. The van der Waals surface area contributed by atoms with Crippen molar-refractivity contribution in [3.63, 3.8) is 0 Å². The Morgan fingerprint density at radius 1 is 1.59 bits per heavy atom. The first-order chi connectivity index (χ1) is 10.3. The number of aliphatic hydroxyl groups is 1. The van der Waals surface area contributed by atoms with E-state index in [4.69, 9.17) is 4.74 Å². The van der Waals surface area contributed by atoms with Crippen molar-refractivity contribution < 1.29 is 14.6 Å². The minimum Gasteiger partial charge on any atom is -0.467 e. The molecule has 0 fully saturated rings. The molecule has 3 N–H and O–H groups in total. The van der Waals surface area contributed by atoms with E-state index in [9.17, 15) is 9.90 Å². The highest BCUT2D eigenvalue weighted by molar-refractivity contribution is 7.15. The Labute approximate surface area is 135 Å². The van der Waals surface area contributed by atoms with E-state index in [1.165, 1.54) is 6.20 Å². The maximum atomic E-state index is 11.8. The largest absolute Gasteiger partial charge is 0.467 e. The molecule has 0 aliphatic carbocycles. The zero-order valence-corrected chi connectivity index (χ0v) is 14.2. The van der Waals surface area contributed by atoms with E-state index in [1.807, 2.05) is 20.8 Å². The van der Waals surface area contributed by atoms with Crippen molar-refractivity contribution in [2.24, 2.45) is 0 Å². The first kappa shape index (κ1) is 18.6. The third-order valence-electron chi connectivity index (χ3n) is 2.61. The molecule has 1 heterocycles. The van der Waals surface area contributed by atoms with Crippen molar-refractivity contribution in [1.82, 2.24) is 15.6 Å². The fraction of sp³-hybridized carbons (Fsp3) is 0.600. The van der Waals surface area contributed by atoms with Gasteiger partial charge in [-0.3, -0.25) is 4.79 Å². The second-order valence-corrected chi connectivity index (χ2v) is 6.91. The standard InChI is InChI=1S/C15H25N3O3S/c1-5-6-7-16-13(20)12-9-17-14(22-12)21-10-11(19)8-18-15(2,3)4/h5,9,11,18-19H,1,6-8,10H2,2-4H3,(H,16,20). The van der Waals surface area contributed by atoms with E-state index in [2.05, 4.69) is 22.2 Å². The van der Waals surface area contributed by atoms with Crippen LogP contribution in [0.5, 0.6) is 5.19 Å². The van der Waals surface area contributed by atoms with Gasteiger partial charge < -0.3 is 20.5 Å². The van der Waals surface area contributed by atoms with Crippen LogP contribution in [0.15, 0.2) is 18.9 Å². The number of hydrogen-bond acceptors (Lipinski definition) is 6. The van der Waals surface area contributed by atoms with Crippen molar-refractivity contribution in [2.75, 3.05) is 19.7 Å². The Hall–Kier alpha value is -1.44. The smallest absolute Gasteiger partial charge is 0.273 e. The van der Waals surface area contributed by atoms with Crippen molar-refractivity contribution in [1.29, 1.82) is 0 Å². The van der Waals surface area contributed by atoms with Crippen molar-refractivity contribution in [2.45, 2.75) is 38.8 Å². The third kappa shape index (κ3) is 7.53. The number of ether oxygens (including phenoxy) is 1. The average molecular weight is 327 g/mol. The summed E-state index contributed by atoms with van der Waals surface area (Å²) in [5, 5.41) is 16.2. The second-order valence-electron chi connectivity index (χ2n) is 5.92. The first-order valence-corrected chi connectivity index (χ1v) is 8.04. The molecule has 22 heavy (non-hydrogen) atoms. The second kappa shape index (κ2) is 8.87. The fourth-order valence-electron chi connectivity index (χ4n) is 1.46. The maximum Gasteiger partial charge on any atom is 0.273 e. The van der Waals surface area contributed by atoms with Crippen LogP contribution in [0.4, 0.5) is 0 Å². The van der Waals surface area contributed by atoms with Crippen LogP contribution in [0.2, 0.25) is 0 Å². The molecule has 0 bridgehead atoms. The number of rotatable bonds is 9. The van der Waals surface area contributed by atoms with Crippen LogP contribution in [0.3, 0.4) is 0 Å². The predicted octanol–water partition coefficient (Wildman–Crippen LogP) is 1.58. The maximum absolute atomic E-state index is 11.8. The van der Waals surface area contributed by atoms with Gasteiger partial charge in [0.25, 0.3) is 11.1 Å². The summed E-state index contributed by atoms with van der Waals surface area (Å²) in [5.41, 5.74) is -0.0567. The molecular weight excluding hydrogens is 302 g/mol. The summed E-state index contributed by atoms with van der Waals surface area (Å²) in [6.45, 7) is 10.8. The van der Waals surface area contributed by atoms with Gasteiger partial charge in [-0.25, -0.2) is 4.98 Å². The van der Waals surface area contributed by atoms with Crippen LogP contribution in [0, 0.1) is 0 Å². The molecule has 0 saturated carbocycles. The van der Waals surface area contributed by atoms with Gasteiger partial charge >= 0.3 is 0 Å². The molecule has 0 radical (unpaired) electrons. The Balaban J connectivity index is 2.35. The molecule has 1 atom stereocenters. The lowest BCUT2D eigenvalue weighted by atomic mass is 10.1. The SMILES string of the molecule is C=CCCNC(=O)c1cnc(OCC(O)CNC(C)(C)C)s1. The molecule has 1 aromatic heterocycles. The van der Waals surface area contributed by atoms with E-state index in [0.29, 0.717) is 23.2 Å². The molecule has 124 valence electrons. The number of β-amino-alcohol motifs (C(OH)–C–C–N with tert-alkyl or cyclic N) is 1.